The van der Waals surface area contributed by atoms with E-state index in [0.717, 1.165) is 10.8 Å². The van der Waals surface area contributed by atoms with Crippen molar-refractivity contribution in [3.8, 4) is 5.75 Å². The number of fused-ring (bicyclic) bond motifs is 3. The van der Waals surface area contributed by atoms with Crippen LogP contribution in [-0.2, 0) is 0 Å². The Morgan fingerprint density at radius 3 is 2.76 bits per heavy atom. The standard InChI is InChI=1S/C14H11ClO2/c1-8-6-13(16)11-7-12(15)9-4-2-3-5-10(9)14(11)17-8/h2-5,7-8H,6H2,1H3/t8-/m1/s1. The van der Waals surface area contributed by atoms with Gasteiger partial charge >= 0.3 is 0 Å². The molecule has 0 N–H and O–H groups in total. The van der Waals surface area contributed by atoms with Crippen molar-refractivity contribution >= 4 is 28.2 Å². The maximum Gasteiger partial charge on any atom is 0.170 e. The van der Waals surface area contributed by atoms with Gasteiger partial charge in [-0.05, 0) is 13.0 Å². The minimum absolute atomic E-state index is 0.0698. The number of hydrogen-bond donors (Lipinski definition) is 0. The van der Waals surface area contributed by atoms with Gasteiger partial charge in [0, 0.05) is 22.2 Å². The molecule has 3 heteroatoms. The van der Waals surface area contributed by atoms with E-state index in [2.05, 4.69) is 0 Å². The van der Waals surface area contributed by atoms with Gasteiger partial charge in [-0.15, -0.1) is 0 Å². The number of carbonyl (C=O) groups is 1. The monoisotopic (exact) mass is 246 g/mol. The molecule has 0 aliphatic carbocycles. The normalized spacial score (nSPS) is 18.9. The molecule has 1 atom stereocenters. The predicted molar refractivity (Wildman–Crippen MR) is 68.0 cm³/mol. The fourth-order valence-electron chi connectivity index (χ4n) is 2.25. The van der Waals surface area contributed by atoms with Crippen LogP contribution in [0.15, 0.2) is 30.3 Å². The van der Waals surface area contributed by atoms with E-state index in [-0.39, 0.29) is 11.9 Å². The minimum atomic E-state index is -0.0698. The van der Waals surface area contributed by atoms with Crippen LogP contribution in [-0.4, -0.2) is 11.9 Å². The molecule has 2 nitrogen and oxygen atoms in total. The first kappa shape index (κ1) is 10.6. The van der Waals surface area contributed by atoms with Gasteiger partial charge in [0.25, 0.3) is 0 Å². The number of rotatable bonds is 0. The summed E-state index contributed by atoms with van der Waals surface area (Å²) in [5, 5.41) is 2.44. The summed E-state index contributed by atoms with van der Waals surface area (Å²) in [5.74, 6) is 0.778. The second kappa shape index (κ2) is 3.74. The smallest absolute Gasteiger partial charge is 0.170 e. The first-order valence-electron chi connectivity index (χ1n) is 5.58. The second-order valence-corrected chi connectivity index (χ2v) is 4.74. The summed E-state index contributed by atoms with van der Waals surface area (Å²) in [7, 11) is 0. The SMILES string of the molecule is C[C@@H]1CC(=O)c2cc(Cl)c3ccccc3c2O1. The highest BCUT2D eigenvalue weighted by Gasteiger charge is 2.26. The fraction of sp³-hybridized carbons (Fsp3) is 0.214. The number of ether oxygens (including phenoxy) is 1. The van der Waals surface area contributed by atoms with Gasteiger partial charge in [-0.1, -0.05) is 35.9 Å². The predicted octanol–water partition coefficient (Wildman–Crippen LogP) is 3.85. The van der Waals surface area contributed by atoms with Gasteiger partial charge in [0.2, 0.25) is 0 Å². The molecule has 0 bridgehead atoms. The van der Waals surface area contributed by atoms with Gasteiger partial charge in [-0.2, -0.15) is 0 Å². The Balaban J connectivity index is 2.38. The van der Waals surface area contributed by atoms with Gasteiger partial charge < -0.3 is 4.74 Å². The molecule has 0 radical (unpaired) electrons. The maximum atomic E-state index is 12.0. The lowest BCUT2D eigenvalue weighted by Crippen LogP contribution is -2.24. The number of halogens is 1. The minimum Gasteiger partial charge on any atom is -0.489 e. The molecule has 2 aromatic carbocycles. The van der Waals surface area contributed by atoms with Crippen LogP contribution >= 0.6 is 11.6 Å². The first-order valence-corrected chi connectivity index (χ1v) is 5.95. The molecule has 86 valence electrons. The number of hydrogen-bond acceptors (Lipinski definition) is 2. The number of benzene rings is 2. The van der Waals surface area contributed by atoms with Gasteiger partial charge in [0.05, 0.1) is 5.56 Å². The zero-order chi connectivity index (χ0) is 12.0. The average Bonchev–Trinajstić information content (AvgIpc) is 2.31. The number of Topliss-reactive ketones (excluding diaryl/α,β-unsaturated/α-hetero) is 1. The van der Waals surface area contributed by atoms with Crippen molar-refractivity contribution in [1.82, 2.24) is 0 Å². The molecule has 0 saturated carbocycles. The Hall–Kier alpha value is -1.54. The molecule has 1 heterocycles. The molecule has 2 aromatic rings. The molecule has 0 amide bonds. The van der Waals surface area contributed by atoms with Crippen molar-refractivity contribution in [2.24, 2.45) is 0 Å². The molecule has 1 aliphatic rings. The first-order chi connectivity index (χ1) is 8.16. The van der Waals surface area contributed by atoms with E-state index < -0.39 is 0 Å². The summed E-state index contributed by atoms with van der Waals surface area (Å²) in [4.78, 5) is 12.0. The third-order valence-electron chi connectivity index (χ3n) is 3.04. The van der Waals surface area contributed by atoms with Crippen LogP contribution in [0.5, 0.6) is 5.75 Å². The van der Waals surface area contributed by atoms with Gasteiger partial charge in [-0.25, -0.2) is 0 Å². The molecule has 0 fully saturated rings. The van der Waals surface area contributed by atoms with E-state index in [0.29, 0.717) is 22.8 Å². The largest absolute Gasteiger partial charge is 0.489 e. The summed E-state index contributed by atoms with van der Waals surface area (Å²) in [5.41, 5.74) is 0.604. The van der Waals surface area contributed by atoms with Crippen LogP contribution in [0.25, 0.3) is 10.8 Å². The Morgan fingerprint density at radius 2 is 2.00 bits per heavy atom. The Labute approximate surface area is 104 Å². The third-order valence-corrected chi connectivity index (χ3v) is 3.35. The zero-order valence-electron chi connectivity index (χ0n) is 9.37. The lowest BCUT2D eigenvalue weighted by molar-refractivity contribution is 0.0874. The van der Waals surface area contributed by atoms with Gasteiger partial charge in [0.15, 0.2) is 5.78 Å². The van der Waals surface area contributed by atoms with Crippen LogP contribution in [0.1, 0.15) is 23.7 Å². The van der Waals surface area contributed by atoms with E-state index in [1.54, 1.807) is 6.07 Å². The Bertz CT molecular complexity index is 619. The Kier molecular flexibility index (Phi) is 2.33. The highest BCUT2D eigenvalue weighted by Crippen LogP contribution is 2.38. The molecular formula is C14H11ClO2. The van der Waals surface area contributed by atoms with E-state index >= 15 is 0 Å². The van der Waals surface area contributed by atoms with Gasteiger partial charge in [-0.3, -0.25) is 4.79 Å². The van der Waals surface area contributed by atoms with Crippen LogP contribution in [0.4, 0.5) is 0 Å². The highest BCUT2D eigenvalue weighted by molar-refractivity contribution is 6.36. The molecule has 0 aromatic heterocycles. The fourth-order valence-corrected chi connectivity index (χ4v) is 2.53. The number of ketones is 1. The van der Waals surface area contributed by atoms with Crippen molar-refractivity contribution in [3.63, 3.8) is 0 Å². The van der Waals surface area contributed by atoms with E-state index in [9.17, 15) is 4.79 Å². The van der Waals surface area contributed by atoms with Crippen LogP contribution in [0.2, 0.25) is 5.02 Å². The average molecular weight is 247 g/mol. The van der Waals surface area contributed by atoms with E-state index in [4.69, 9.17) is 16.3 Å². The van der Waals surface area contributed by atoms with E-state index in [1.807, 2.05) is 31.2 Å². The molecule has 17 heavy (non-hydrogen) atoms. The molecule has 1 aliphatic heterocycles. The summed E-state index contributed by atoms with van der Waals surface area (Å²) in [6.07, 6.45) is 0.348. The second-order valence-electron chi connectivity index (χ2n) is 4.34. The van der Waals surface area contributed by atoms with Crippen molar-refractivity contribution in [1.29, 1.82) is 0 Å². The molecular weight excluding hydrogens is 236 g/mol. The molecule has 0 saturated heterocycles. The van der Waals surface area contributed by atoms with Crippen molar-refractivity contribution < 1.29 is 9.53 Å². The summed E-state index contributed by atoms with van der Waals surface area (Å²) in [6, 6.07) is 9.44. The zero-order valence-corrected chi connectivity index (χ0v) is 10.1. The summed E-state index contributed by atoms with van der Waals surface area (Å²) >= 11 is 6.19. The van der Waals surface area contributed by atoms with E-state index in [1.165, 1.54) is 0 Å². The third kappa shape index (κ3) is 1.60. The quantitative estimate of drug-likeness (QED) is 0.706. The molecule has 3 rings (SSSR count). The van der Waals surface area contributed by atoms with Crippen LogP contribution in [0.3, 0.4) is 0 Å². The van der Waals surface area contributed by atoms with Crippen LogP contribution in [0, 0.1) is 0 Å². The maximum absolute atomic E-state index is 12.0. The van der Waals surface area contributed by atoms with Crippen molar-refractivity contribution in [3.05, 3.63) is 40.9 Å². The topological polar surface area (TPSA) is 26.3 Å². The molecule has 0 unspecified atom stereocenters. The highest BCUT2D eigenvalue weighted by atomic mass is 35.5. The lowest BCUT2D eigenvalue weighted by atomic mass is 9.97. The lowest BCUT2D eigenvalue weighted by Gasteiger charge is -2.24. The van der Waals surface area contributed by atoms with Crippen LogP contribution < -0.4 is 4.74 Å². The summed E-state index contributed by atoms with van der Waals surface area (Å²) < 4.78 is 5.79. The van der Waals surface area contributed by atoms with Crippen molar-refractivity contribution in [2.75, 3.05) is 0 Å². The molecule has 0 spiro atoms. The van der Waals surface area contributed by atoms with Gasteiger partial charge in [0.1, 0.15) is 11.9 Å². The summed E-state index contributed by atoms with van der Waals surface area (Å²) in [6.45, 7) is 1.91. The number of carbonyl (C=O) groups excluding carboxylic acids is 1. The van der Waals surface area contributed by atoms with Crippen molar-refractivity contribution in [2.45, 2.75) is 19.4 Å². The Morgan fingerprint density at radius 1 is 1.29 bits per heavy atom.